The number of phenolic OH excluding ortho intramolecular Hbond substituents is 1. The van der Waals surface area contributed by atoms with Crippen molar-refractivity contribution >= 4 is 45.2 Å². The summed E-state index contributed by atoms with van der Waals surface area (Å²) in [5.74, 6) is -5.65. The third kappa shape index (κ3) is 2.90. The van der Waals surface area contributed by atoms with Crippen molar-refractivity contribution in [2.75, 3.05) is 4.90 Å². The molecule has 0 radical (unpaired) electrons. The molecule has 1 saturated carbocycles. The Labute approximate surface area is 215 Å². The van der Waals surface area contributed by atoms with Gasteiger partial charge in [0.05, 0.1) is 28.9 Å². The third-order valence-corrected chi connectivity index (χ3v) is 9.06. The van der Waals surface area contributed by atoms with E-state index >= 15 is 0 Å². The number of anilines is 1. The summed E-state index contributed by atoms with van der Waals surface area (Å²) >= 11 is 3.46. The van der Waals surface area contributed by atoms with Crippen LogP contribution in [0.2, 0.25) is 0 Å². The highest BCUT2D eigenvalue weighted by Gasteiger charge is 2.67. The van der Waals surface area contributed by atoms with E-state index in [1.54, 1.807) is 49.4 Å². The van der Waals surface area contributed by atoms with Crippen LogP contribution < -0.4 is 4.90 Å². The number of imide groups is 2. The van der Waals surface area contributed by atoms with Crippen LogP contribution in [0.5, 0.6) is 5.75 Å². The van der Waals surface area contributed by atoms with E-state index in [0.717, 1.165) is 5.57 Å². The van der Waals surface area contributed by atoms with Crippen LogP contribution in [0, 0.1) is 29.1 Å². The lowest BCUT2D eigenvalue weighted by Crippen LogP contribution is -2.48. The molecular weight excluding hydrogens is 528 g/mol. The van der Waals surface area contributed by atoms with Gasteiger partial charge >= 0.3 is 0 Å². The SMILES string of the molecule is CC12C(=O)N(c3ccccc3)C(=O)C1CC1C(=CCC3C(=O)N(O)C(=O)C31)C2c1cc(Br)ccc1O. The maximum atomic E-state index is 14.1. The summed E-state index contributed by atoms with van der Waals surface area (Å²) in [7, 11) is 0. The van der Waals surface area contributed by atoms with Crippen molar-refractivity contribution in [2.24, 2.45) is 29.1 Å². The van der Waals surface area contributed by atoms with Gasteiger partial charge in [-0.1, -0.05) is 45.8 Å². The van der Waals surface area contributed by atoms with Gasteiger partial charge in [-0.3, -0.25) is 24.4 Å². The topological polar surface area (TPSA) is 115 Å². The highest BCUT2D eigenvalue weighted by Crippen LogP contribution is 2.64. The molecule has 0 spiro atoms. The first kappa shape index (κ1) is 23.1. The monoisotopic (exact) mass is 550 g/mol. The molecular formula is C27H23BrN2O6. The Hall–Kier alpha value is -3.30. The summed E-state index contributed by atoms with van der Waals surface area (Å²) in [5.41, 5.74) is 0.449. The summed E-state index contributed by atoms with van der Waals surface area (Å²) < 4.78 is 0.692. The summed E-state index contributed by atoms with van der Waals surface area (Å²) in [6.07, 6.45) is 2.29. The average molecular weight is 551 g/mol. The fraction of sp³-hybridized carbons (Fsp3) is 0.333. The van der Waals surface area contributed by atoms with Crippen molar-refractivity contribution < 1.29 is 29.5 Å². The van der Waals surface area contributed by atoms with E-state index in [2.05, 4.69) is 15.9 Å². The van der Waals surface area contributed by atoms with E-state index in [1.165, 1.54) is 11.0 Å². The van der Waals surface area contributed by atoms with Gasteiger partial charge in [-0.25, -0.2) is 4.90 Å². The molecule has 9 heteroatoms. The minimum Gasteiger partial charge on any atom is -0.508 e. The quantitative estimate of drug-likeness (QED) is 0.334. The van der Waals surface area contributed by atoms with Crippen molar-refractivity contribution in [1.82, 2.24) is 5.06 Å². The zero-order chi connectivity index (χ0) is 25.5. The number of carbonyl (C=O) groups is 4. The Bertz CT molecular complexity index is 1370. The van der Waals surface area contributed by atoms with Crippen molar-refractivity contribution in [3.63, 3.8) is 0 Å². The number of hydrogen-bond donors (Lipinski definition) is 2. The number of aromatic hydroxyl groups is 1. The molecule has 2 aromatic rings. The Morgan fingerprint density at radius 3 is 2.42 bits per heavy atom. The molecule has 6 rings (SSSR count). The summed E-state index contributed by atoms with van der Waals surface area (Å²) in [5, 5.41) is 21.3. The van der Waals surface area contributed by atoms with Crippen molar-refractivity contribution in [1.29, 1.82) is 0 Å². The maximum absolute atomic E-state index is 14.1. The standard InChI is InChI=1S/C27H23BrN2O6/c1-27-19(24(33)29(26(27)35)14-5-3-2-4-6-14)12-17-15(22(27)18-11-13(28)7-10-20(18)31)8-9-16-21(17)25(34)30(36)23(16)32/h2-8,10-11,16-17,19,21-22,31,36H,9,12H2,1H3. The van der Waals surface area contributed by atoms with Gasteiger partial charge in [-0.2, -0.15) is 5.06 Å². The van der Waals surface area contributed by atoms with Crippen LogP contribution in [0.3, 0.4) is 0 Å². The molecule has 6 unspecified atom stereocenters. The van der Waals surface area contributed by atoms with Gasteiger partial charge < -0.3 is 5.11 Å². The Morgan fingerprint density at radius 1 is 0.972 bits per heavy atom. The lowest BCUT2D eigenvalue weighted by Gasteiger charge is -2.49. The van der Waals surface area contributed by atoms with Crippen molar-refractivity contribution in [2.45, 2.75) is 25.7 Å². The number of phenols is 1. The van der Waals surface area contributed by atoms with E-state index in [1.807, 2.05) is 6.08 Å². The maximum Gasteiger partial charge on any atom is 0.257 e. The molecule has 2 saturated heterocycles. The number of hydrogen-bond acceptors (Lipinski definition) is 6. The van der Waals surface area contributed by atoms with Gasteiger partial charge in [0.1, 0.15) is 5.75 Å². The van der Waals surface area contributed by atoms with Crippen LogP contribution in [-0.2, 0) is 19.2 Å². The van der Waals surface area contributed by atoms with Gasteiger partial charge in [0.2, 0.25) is 11.8 Å². The Balaban J connectivity index is 1.57. The third-order valence-electron chi connectivity index (χ3n) is 8.57. The number of fused-ring (bicyclic) bond motifs is 4. The largest absolute Gasteiger partial charge is 0.508 e. The zero-order valence-electron chi connectivity index (χ0n) is 19.3. The van der Waals surface area contributed by atoms with Crippen LogP contribution in [0.25, 0.3) is 0 Å². The molecule has 2 aliphatic heterocycles. The molecule has 4 aliphatic rings. The van der Waals surface area contributed by atoms with E-state index in [0.29, 0.717) is 15.7 Å². The summed E-state index contributed by atoms with van der Waals surface area (Å²) in [4.78, 5) is 54.8. The van der Waals surface area contributed by atoms with E-state index in [4.69, 9.17) is 0 Å². The van der Waals surface area contributed by atoms with Gasteiger partial charge in [-0.15, -0.1) is 0 Å². The highest BCUT2D eigenvalue weighted by molar-refractivity contribution is 9.10. The average Bonchev–Trinajstić information content (AvgIpc) is 3.21. The van der Waals surface area contributed by atoms with E-state index in [9.17, 15) is 29.5 Å². The first-order chi connectivity index (χ1) is 17.2. The first-order valence-corrected chi connectivity index (χ1v) is 12.6. The number of hydroxylamine groups is 2. The number of halogens is 1. The fourth-order valence-electron chi connectivity index (χ4n) is 6.92. The lowest BCUT2D eigenvalue weighted by molar-refractivity contribution is -0.173. The lowest BCUT2D eigenvalue weighted by atomic mass is 9.51. The number of nitrogens with zero attached hydrogens (tertiary/aromatic N) is 2. The summed E-state index contributed by atoms with van der Waals surface area (Å²) in [6, 6.07) is 13.7. The second-order valence-electron chi connectivity index (χ2n) is 10.2. The number of carbonyl (C=O) groups excluding carboxylic acids is 4. The minimum atomic E-state index is -1.23. The molecule has 2 aliphatic carbocycles. The number of allylic oxidation sites excluding steroid dienone is 2. The molecule has 184 valence electrons. The predicted octanol–water partition coefficient (Wildman–Crippen LogP) is 3.77. The molecule has 2 aromatic carbocycles. The second kappa shape index (κ2) is 7.85. The normalized spacial score (nSPS) is 33.4. The molecule has 6 atom stereocenters. The second-order valence-corrected chi connectivity index (χ2v) is 11.1. The smallest absolute Gasteiger partial charge is 0.257 e. The highest BCUT2D eigenvalue weighted by atomic mass is 79.9. The van der Waals surface area contributed by atoms with Crippen molar-refractivity contribution in [3.8, 4) is 5.75 Å². The number of benzene rings is 2. The van der Waals surface area contributed by atoms with Crippen LogP contribution >= 0.6 is 15.9 Å². The Morgan fingerprint density at radius 2 is 1.69 bits per heavy atom. The van der Waals surface area contributed by atoms with Gasteiger partial charge in [0.15, 0.2) is 0 Å². The molecule has 8 nitrogen and oxygen atoms in total. The van der Waals surface area contributed by atoms with Crippen LogP contribution in [-0.4, -0.2) is 39.0 Å². The molecule has 36 heavy (non-hydrogen) atoms. The van der Waals surface area contributed by atoms with Gasteiger partial charge in [-0.05, 0) is 56.0 Å². The molecule has 0 bridgehead atoms. The number of para-hydroxylation sites is 1. The summed E-state index contributed by atoms with van der Waals surface area (Å²) in [6.45, 7) is 1.76. The molecule has 2 N–H and O–H groups in total. The van der Waals surface area contributed by atoms with Gasteiger partial charge in [0.25, 0.3) is 11.8 Å². The predicted molar refractivity (Wildman–Crippen MR) is 131 cm³/mol. The fourth-order valence-corrected chi connectivity index (χ4v) is 7.30. The molecule has 2 heterocycles. The number of amides is 4. The molecule has 0 aromatic heterocycles. The minimum absolute atomic E-state index is 0.0251. The van der Waals surface area contributed by atoms with Crippen LogP contribution in [0.15, 0.2) is 64.7 Å². The zero-order valence-corrected chi connectivity index (χ0v) is 20.9. The number of rotatable bonds is 2. The van der Waals surface area contributed by atoms with E-state index < -0.39 is 46.8 Å². The molecule has 4 amide bonds. The van der Waals surface area contributed by atoms with E-state index in [-0.39, 0.29) is 35.5 Å². The van der Waals surface area contributed by atoms with Crippen LogP contribution in [0.4, 0.5) is 5.69 Å². The van der Waals surface area contributed by atoms with Gasteiger partial charge in [0, 0.05) is 16.0 Å². The van der Waals surface area contributed by atoms with Crippen LogP contribution in [0.1, 0.15) is 31.2 Å². The Kier molecular flexibility index (Phi) is 5.04. The molecule has 3 fully saturated rings. The first-order valence-electron chi connectivity index (χ1n) is 11.8. The van der Waals surface area contributed by atoms with Crippen molar-refractivity contribution in [3.05, 3.63) is 70.2 Å².